The van der Waals surface area contributed by atoms with Crippen molar-refractivity contribution < 1.29 is 9.59 Å². The lowest BCUT2D eigenvalue weighted by atomic mass is 9.98. The van der Waals surface area contributed by atoms with Crippen LogP contribution in [0.2, 0.25) is 0 Å². The molecule has 0 saturated carbocycles. The van der Waals surface area contributed by atoms with Gasteiger partial charge in [0.15, 0.2) is 11.6 Å². The predicted molar refractivity (Wildman–Crippen MR) is 100 cm³/mol. The Morgan fingerprint density at radius 2 is 1.16 bits per heavy atom. The molecule has 2 heteroatoms. The fourth-order valence-corrected chi connectivity index (χ4v) is 2.67. The lowest BCUT2D eigenvalue weighted by molar-refractivity contribution is 0.103. The van der Waals surface area contributed by atoms with E-state index >= 15 is 0 Å². The summed E-state index contributed by atoms with van der Waals surface area (Å²) in [5.74, 6) is -0.0465. The van der Waals surface area contributed by atoms with Crippen LogP contribution in [0.3, 0.4) is 0 Å². The van der Waals surface area contributed by atoms with Crippen LogP contribution in [0.15, 0.2) is 91.5 Å². The van der Waals surface area contributed by atoms with Gasteiger partial charge in [0.2, 0.25) is 0 Å². The second-order valence-corrected chi connectivity index (χ2v) is 5.83. The van der Waals surface area contributed by atoms with Crippen molar-refractivity contribution in [1.82, 2.24) is 0 Å². The second kappa shape index (κ2) is 7.54. The normalized spacial score (nSPS) is 10.2. The van der Waals surface area contributed by atoms with Crippen LogP contribution in [0.5, 0.6) is 0 Å². The zero-order chi connectivity index (χ0) is 17.6. The van der Waals surface area contributed by atoms with E-state index in [0.29, 0.717) is 16.7 Å². The van der Waals surface area contributed by atoms with Gasteiger partial charge in [0.05, 0.1) is 0 Å². The number of ketones is 2. The summed E-state index contributed by atoms with van der Waals surface area (Å²) in [5.41, 5.74) is 4.25. The van der Waals surface area contributed by atoms with Gasteiger partial charge in [-0.3, -0.25) is 9.59 Å². The third-order valence-corrected chi connectivity index (χ3v) is 4.08. The highest BCUT2D eigenvalue weighted by molar-refractivity contribution is 6.09. The average molecular weight is 326 g/mol. The van der Waals surface area contributed by atoms with Gasteiger partial charge in [0, 0.05) is 16.7 Å². The standard InChI is InChI=1S/C23H18O2/c1-2-22(24)19-12-8-17(9-13-19)16-18-10-14-21(15-11-18)23(25)20-6-4-3-5-7-20/h2-15H,1,16H2. The molecule has 0 N–H and O–H groups in total. The van der Waals surface area contributed by atoms with Crippen LogP contribution in [-0.2, 0) is 6.42 Å². The SMILES string of the molecule is C=CC(=O)c1ccc(Cc2ccc(C(=O)c3ccccc3)cc2)cc1. The minimum absolute atomic E-state index is 0.0273. The third kappa shape index (κ3) is 3.99. The molecule has 3 aromatic carbocycles. The summed E-state index contributed by atoms with van der Waals surface area (Å²) in [4.78, 5) is 24.0. The summed E-state index contributed by atoms with van der Waals surface area (Å²) in [6, 6.07) is 24.4. The smallest absolute Gasteiger partial charge is 0.193 e. The first-order chi connectivity index (χ1) is 12.2. The lowest BCUT2D eigenvalue weighted by Gasteiger charge is -2.05. The monoisotopic (exact) mass is 326 g/mol. The van der Waals surface area contributed by atoms with Gasteiger partial charge in [0.25, 0.3) is 0 Å². The number of hydrogen-bond donors (Lipinski definition) is 0. The summed E-state index contributed by atoms with van der Waals surface area (Å²) < 4.78 is 0. The van der Waals surface area contributed by atoms with Gasteiger partial charge in [-0.05, 0) is 23.6 Å². The highest BCUT2D eigenvalue weighted by Gasteiger charge is 2.08. The molecule has 2 nitrogen and oxygen atoms in total. The summed E-state index contributed by atoms with van der Waals surface area (Å²) >= 11 is 0. The van der Waals surface area contributed by atoms with Crippen LogP contribution >= 0.6 is 0 Å². The Hall–Kier alpha value is -3.26. The van der Waals surface area contributed by atoms with Crippen LogP contribution in [0.25, 0.3) is 0 Å². The first-order valence-corrected chi connectivity index (χ1v) is 8.12. The number of carbonyl (C=O) groups excluding carboxylic acids is 2. The van der Waals surface area contributed by atoms with Gasteiger partial charge in [-0.25, -0.2) is 0 Å². The Kier molecular flexibility index (Phi) is 5.00. The zero-order valence-electron chi connectivity index (χ0n) is 13.8. The Balaban J connectivity index is 1.71. The Morgan fingerprint density at radius 3 is 1.68 bits per heavy atom. The van der Waals surface area contributed by atoms with Crippen LogP contribution in [0.1, 0.15) is 37.4 Å². The van der Waals surface area contributed by atoms with E-state index in [1.165, 1.54) is 6.08 Å². The van der Waals surface area contributed by atoms with Gasteiger partial charge in [-0.2, -0.15) is 0 Å². The molecule has 0 aliphatic heterocycles. The molecule has 3 aromatic rings. The van der Waals surface area contributed by atoms with Crippen molar-refractivity contribution in [2.75, 3.05) is 0 Å². The molecule has 0 aliphatic rings. The van der Waals surface area contributed by atoms with Gasteiger partial charge >= 0.3 is 0 Å². The van der Waals surface area contributed by atoms with Crippen LogP contribution < -0.4 is 0 Å². The maximum atomic E-state index is 12.4. The minimum atomic E-state index is -0.0738. The molecular weight excluding hydrogens is 308 g/mol. The van der Waals surface area contributed by atoms with Crippen molar-refractivity contribution in [3.63, 3.8) is 0 Å². The van der Waals surface area contributed by atoms with E-state index in [0.717, 1.165) is 17.5 Å². The molecule has 0 unspecified atom stereocenters. The summed E-state index contributed by atoms with van der Waals surface area (Å²) in [7, 11) is 0. The number of hydrogen-bond acceptors (Lipinski definition) is 2. The van der Waals surface area contributed by atoms with Crippen molar-refractivity contribution in [3.05, 3.63) is 119 Å². The minimum Gasteiger partial charge on any atom is -0.289 e. The maximum absolute atomic E-state index is 12.4. The first kappa shape index (κ1) is 16.6. The van der Waals surface area contributed by atoms with Crippen LogP contribution in [0.4, 0.5) is 0 Å². The van der Waals surface area contributed by atoms with Crippen molar-refractivity contribution >= 4 is 11.6 Å². The van der Waals surface area contributed by atoms with E-state index < -0.39 is 0 Å². The van der Waals surface area contributed by atoms with Gasteiger partial charge < -0.3 is 0 Å². The van der Waals surface area contributed by atoms with E-state index in [9.17, 15) is 9.59 Å². The molecule has 122 valence electrons. The lowest BCUT2D eigenvalue weighted by Crippen LogP contribution is -2.01. The molecule has 0 saturated heterocycles. The molecule has 0 aliphatic carbocycles. The van der Waals surface area contributed by atoms with Crippen LogP contribution in [-0.4, -0.2) is 11.6 Å². The molecule has 0 fully saturated rings. The Labute approximate surface area is 147 Å². The van der Waals surface area contributed by atoms with E-state index in [2.05, 4.69) is 6.58 Å². The number of allylic oxidation sites excluding steroid dienone is 1. The van der Waals surface area contributed by atoms with E-state index in [1.807, 2.05) is 78.9 Å². The van der Waals surface area contributed by atoms with Crippen molar-refractivity contribution in [2.24, 2.45) is 0 Å². The summed E-state index contributed by atoms with van der Waals surface area (Å²) in [6.07, 6.45) is 2.07. The fraction of sp³-hybridized carbons (Fsp3) is 0.0435. The molecular formula is C23H18O2. The third-order valence-electron chi connectivity index (χ3n) is 4.08. The first-order valence-electron chi connectivity index (χ1n) is 8.12. The van der Waals surface area contributed by atoms with E-state index in [4.69, 9.17) is 0 Å². The second-order valence-electron chi connectivity index (χ2n) is 5.83. The van der Waals surface area contributed by atoms with E-state index in [-0.39, 0.29) is 11.6 Å². The topological polar surface area (TPSA) is 34.1 Å². The maximum Gasteiger partial charge on any atom is 0.193 e. The van der Waals surface area contributed by atoms with Gasteiger partial charge in [-0.15, -0.1) is 0 Å². The highest BCUT2D eigenvalue weighted by atomic mass is 16.1. The van der Waals surface area contributed by atoms with Crippen molar-refractivity contribution in [2.45, 2.75) is 6.42 Å². The largest absolute Gasteiger partial charge is 0.289 e. The quantitative estimate of drug-likeness (QED) is 0.478. The summed E-state index contributed by atoms with van der Waals surface area (Å²) in [5, 5.41) is 0. The molecule has 0 aromatic heterocycles. The van der Waals surface area contributed by atoms with Crippen LogP contribution in [0, 0.1) is 0 Å². The molecule has 0 amide bonds. The zero-order valence-corrected chi connectivity index (χ0v) is 13.8. The number of benzene rings is 3. The predicted octanol–water partition coefficient (Wildman–Crippen LogP) is 4.88. The summed E-state index contributed by atoms with van der Waals surface area (Å²) in [6.45, 7) is 3.49. The Morgan fingerprint density at radius 1 is 0.680 bits per heavy atom. The number of rotatable bonds is 6. The van der Waals surface area contributed by atoms with Gasteiger partial charge in [0.1, 0.15) is 0 Å². The molecule has 0 spiro atoms. The van der Waals surface area contributed by atoms with Crippen molar-refractivity contribution in [1.29, 1.82) is 0 Å². The van der Waals surface area contributed by atoms with Gasteiger partial charge in [-0.1, -0.05) is 85.4 Å². The molecule has 3 rings (SSSR count). The Bertz CT molecular complexity index is 889. The highest BCUT2D eigenvalue weighted by Crippen LogP contribution is 2.15. The molecule has 0 bridgehead atoms. The fourth-order valence-electron chi connectivity index (χ4n) is 2.67. The molecule has 25 heavy (non-hydrogen) atoms. The van der Waals surface area contributed by atoms with Crippen molar-refractivity contribution in [3.8, 4) is 0 Å². The number of carbonyl (C=O) groups is 2. The molecule has 0 atom stereocenters. The average Bonchev–Trinajstić information content (AvgIpc) is 2.68. The molecule has 0 heterocycles. The molecule has 0 radical (unpaired) electrons. The van der Waals surface area contributed by atoms with E-state index in [1.54, 1.807) is 0 Å².